The summed E-state index contributed by atoms with van der Waals surface area (Å²) in [7, 11) is 0. The lowest BCUT2D eigenvalue weighted by molar-refractivity contribution is 0.420. The van der Waals surface area contributed by atoms with Crippen LogP contribution in [-0.2, 0) is 0 Å². The van der Waals surface area contributed by atoms with E-state index in [4.69, 9.17) is 5.73 Å². The molecule has 0 aliphatic heterocycles. The van der Waals surface area contributed by atoms with Crippen molar-refractivity contribution in [3.8, 4) is 0 Å². The molecule has 0 aromatic rings. The maximum atomic E-state index is 5.99. The van der Waals surface area contributed by atoms with E-state index in [-0.39, 0.29) is 5.41 Å². The number of hydrogen-bond acceptors (Lipinski definition) is 1. The number of nitrogens with two attached hydrogens (primary N) is 1. The second-order valence-corrected chi connectivity index (χ2v) is 5.75. The summed E-state index contributed by atoms with van der Waals surface area (Å²) in [6, 6.07) is 0.462. The third-order valence-electron chi connectivity index (χ3n) is 3.50. The monoisotopic (exact) mass is 196 g/mol. The first-order chi connectivity index (χ1) is 6.32. The van der Waals surface area contributed by atoms with Crippen molar-refractivity contribution in [3.05, 3.63) is 0 Å². The highest BCUT2D eigenvalue weighted by atomic mass is 14.9. The molecule has 1 aliphatic carbocycles. The van der Waals surface area contributed by atoms with Crippen LogP contribution in [0, 0.1) is 17.3 Å². The molecule has 0 aromatic carbocycles. The van der Waals surface area contributed by atoms with E-state index < -0.39 is 0 Å². The summed E-state index contributed by atoms with van der Waals surface area (Å²) in [5.74, 6) is 2.30. The zero-order valence-electron chi connectivity index (χ0n) is 10.2. The van der Waals surface area contributed by atoms with E-state index >= 15 is 0 Å². The molecule has 2 heteroatoms. The van der Waals surface area contributed by atoms with E-state index in [2.05, 4.69) is 39.6 Å². The predicted octanol–water partition coefficient (Wildman–Crippen LogP) is 2.82. The van der Waals surface area contributed by atoms with Crippen LogP contribution in [0.3, 0.4) is 0 Å². The molecule has 0 spiro atoms. The average molecular weight is 196 g/mol. The van der Waals surface area contributed by atoms with Crippen LogP contribution in [0.4, 0.5) is 0 Å². The Balaban J connectivity index is 2.69. The molecule has 1 saturated carbocycles. The second kappa shape index (κ2) is 3.92. The van der Waals surface area contributed by atoms with E-state index in [1.165, 1.54) is 12.8 Å². The van der Waals surface area contributed by atoms with Gasteiger partial charge in [-0.05, 0) is 24.7 Å². The molecule has 1 aliphatic rings. The fourth-order valence-electron chi connectivity index (χ4n) is 1.89. The van der Waals surface area contributed by atoms with Crippen LogP contribution in [0.15, 0.2) is 4.99 Å². The van der Waals surface area contributed by atoms with Crippen molar-refractivity contribution in [1.82, 2.24) is 0 Å². The van der Waals surface area contributed by atoms with Crippen LogP contribution in [0.2, 0.25) is 0 Å². The first kappa shape index (κ1) is 11.5. The molecule has 0 amide bonds. The van der Waals surface area contributed by atoms with Gasteiger partial charge in [-0.3, -0.25) is 4.99 Å². The molecule has 2 N–H and O–H groups in total. The first-order valence-corrected chi connectivity index (χ1v) is 5.66. The van der Waals surface area contributed by atoms with E-state index in [0.717, 1.165) is 11.8 Å². The number of aliphatic imine (C=N–C) groups is 1. The van der Waals surface area contributed by atoms with Crippen LogP contribution < -0.4 is 5.73 Å². The lowest BCUT2D eigenvalue weighted by Crippen LogP contribution is -2.31. The van der Waals surface area contributed by atoms with Gasteiger partial charge in [0, 0.05) is 5.41 Å². The number of amidine groups is 1. The molecular weight excluding hydrogens is 172 g/mol. The van der Waals surface area contributed by atoms with Crippen molar-refractivity contribution in [2.45, 2.75) is 53.5 Å². The summed E-state index contributed by atoms with van der Waals surface area (Å²) < 4.78 is 0. The summed E-state index contributed by atoms with van der Waals surface area (Å²) in [5.41, 5.74) is 6.01. The average Bonchev–Trinajstić information content (AvgIpc) is 2.34. The predicted molar refractivity (Wildman–Crippen MR) is 62.4 cm³/mol. The largest absolute Gasteiger partial charge is 0.387 e. The van der Waals surface area contributed by atoms with Gasteiger partial charge < -0.3 is 5.73 Å². The summed E-state index contributed by atoms with van der Waals surface area (Å²) in [6.07, 6.45) is 2.51. The van der Waals surface area contributed by atoms with Crippen molar-refractivity contribution in [1.29, 1.82) is 0 Å². The lowest BCUT2D eigenvalue weighted by Gasteiger charge is -2.21. The third kappa shape index (κ3) is 2.49. The number of rotatable bonds is 1. The minimum atomic E-state index is 0.0194. The Morgan fingerprint density at radius 2 is 1.79 bits per heavy atom. The zero-order chi connectivity index (χ0) is 10.9. The van der Waals surface area contributed by atoms with Crippen LogP contribution in [0.5, 0.6) is 0 Å². The maximum absolute atomic E-state index is 5.99. The minimum Gasteiger partial charge on any atom is -0.387 e. The molecule has 0 heterocycles. The Hall–Kier alpha value is -0.530. The standard InChI is InChI=1S/C12H24N2/c1-8-6-7-10(9(8)2)14-11(13)12(3,4)5/h8-10H,6-7H2,1-5H3,(H2,13,14). The molecule has 1 rings (SSSR count). The Morgan fingerprint density at radius 3 is 2.14 bits per heavy atom. The highest BCUT2D eigenvalue weighted by Gasteiger charge is 2.30. The van der Waals surface area contributed by atoms with Crippen LogP contribution in [-0.4, -0.2) is 11.9 Å². The molecule has 0 radical (unpaired) electrons. The van der Waals surface area contributed by atoms with Crippen molar-refractivity contribution in [2.75, 3.05) is 0 Å². The summed E-state index contributed by atoms with van der Waals surface area (Å²) in [6.45, 7) is 11.0. The van der Waals surface area contributed by atoms with Gasteiger partial charge in [0.05, 0.1) is 11.9 Å². The normalized spacial score (nSPS) is 34.9. The Bertz CT molecular complexity index is 225. The molecule has 2 nitrogen and oxygen atoms in total. The Labute approximate surface area is 88.0 Å². The molecule has 14 heavy (non-hydrogen) atoms. The minimum absolute atomic E-state index is 0.0194. The van der Waals surface area contributed by atoms with Gasteiger partial charge in [-0.15, -0.1) is 0 Å². The van der Waals surface area contributed by atoms with Crippen LogP contribution in [0.25, 0.3) is 0 Å². The first-order valence-electron chi connectivity index (χ1n) is 5.66. The molecule has 3 unspecified atom stereocenters. The molecule has 0 saturated heterocycles. The number of hydrogen-bond donors (Lipinski definition) is 1. The molecule has 82 valence electrons. The van der Waals surface area contributed by atoms with Gasteiger partial charge in [-0.2, -0.15) is 0 Å². The molecule has 3 atom stereocenters. The lowest BCUT2D eigenvalue weighted by atomic mass is 9.94. The van der Waals surface area contributed by atoms with Gasteiger partial charge in [0.25, 0.3) is 0 Å². The fraction of sp³-hybridized carbons (Fsp3) is 0.917. The van der Waals surface area contributed by atoms with Crippen molar-refractivity contribution < 1.29 is 0 Å². The molecule has 0 bridgehead atoms. The van der Waals surface area contributed by atoms with E-state index in [9.17, 15) is 0 Å². The maximum Gasteiger partial charge on any atom is 0.0994 e. The van der Waals surface area contributed by atoms with Gasteiger partial charge in [0.1, 0.15) is 0 Å². The zero-order valence-corrected chi connectivity index (χ0v) is 10.2. The van der Waals surface area contributed by atoms with E-state index in [1.54, 1.807) is 0 Å². The van der Waals surface area contributed by atoms with Crippen molar-refractivity contribution in [3.63, 3.8) is 0 Å². The molecule has 1 fully saturated rings. The molecular formula is C12H24N2. The Morgan fingerprint density at radius 1 is 1.21 bits per heavy atom. The van der Waals surface area contributed by atoms with Gasteiger partial charge in [0.15, 0.2) is 0 Å². The Kier molecular flexibility index (Phi) is 3.23. The second-order valence-electron chi connectivity index (χ2n) is 5.75. The summed E-state index contributed by atoms with van der Waals surface area (Å²) in [5, 5.41) is 0. The fourth-order valence-corrected chi connectivity index (χ4v) is 1.89. The topological polar surface area (TPSA) is 38.4 Å². The van der Waals surface area contributed by atoms with Gasteiger partial charge in [-0.1, -0.05) is 34.6 Å². The highest BCUT2D eigenvalue weighted by molar-refractivity contribution is 5.85. The quantitative estimate of drug-likeness (QED) is 0.508. The van der Waals surface area contributed by atoms with Crippen LogP contribution in [0.1, 0.15) is 47.5 Å². The van der Waals surface area contributed by atoms with E-state index in [0.29, 0.717) is 12.0 Å². The van der Waals surface area contributed by atoms with Crippen molar-refractivity contribution >= 4 is 5.84 Å². The van der Waals surface area contributed by atoms with Gasteiger partial charge in [0.2, 0.25) is 0 Å². The number of nitrogens with zero attached hydrogens (tertiary/aromatic N) is 1. The molecule has 0 aromatic heterocycles. The van der Waals surface area contributed by atoms with Gasteiger partial charge >= 0.3 is 0 Å². The third-order valence-corrected chi connectivity index (χ3v) is 3.50. The SMILES string of the molecule is CC1CCC(N=C(N)C(C)(C)C)C1C. The van der Waals surface area contributed by atoms with Crippen molar-refractivity contribution in [2.24, 2.45) is 28.0 Å². The van der Waals surface area contributed by atoms with E-state index in [1.807, 2.05) is 0 Å². The van der Waals surface area contributed by atoms with Gasteiger partial charge in [-0.25, -0.2) is 0 Å². The highest BCUT2D eigenvalue weighted by Crippen LogP contribution is 2.33. The smallest absolute Gasteiger partial charge is 0.0994 e. The summed E-state index contributed by atoms with van der Waals surface area (Å²) in [4.78, 5) is 4.67. The summed E-state index contributed by atoms with van der Waals surface area (Å²) >= 11 is 0. The van der Waals surface area contributed by atoms with Crippen LogP contribution >= 0.6 is 0 Å².